The standard InChI is InChI=1S/C17H13BrClN3O4/c1-25-13-6-9-12(7-14(13)26-2)21-17(19)22-15(9)20-11-4-3-8(18)5-10(11)16(23)24/h3-7H,1-2H3,(H,23,24)(H,20,21,22). The van der Waals surface area contributed by atoms with E-state index >= 15 is 0 Å². The molecule has 0 saturated carbocycles. The molecule has 1 heterocycles. The smallest absolute Gasteiger partial charge is 0.337 e. The number of fused-ring (bicyclic) bond motifs is 1. The van der Waals surface area contributed by atoms with E-state index in [-0.39, 0.29) is 10.8 Å². The highest BCUT2D eigenvalue weighted by molar-refractivity contribution is 9.10. The van der Waals surface area contributed by atoms with E-state index in [9.17, 15) is 9.90 Å². The number of nitrogens with one attached hydrogen (secondary N) is 1. The molecule has 0 fully saturated rings. The number of hydrogen-bond donors (Lipinski definition) is 2. The number of carbonyl (C=O) groups is 1. The van der Waals surface area contributed by atoms with E-state index in [1.807, 2.05) is 0 Å². The maximum absolute atomic E-state index is 11.5. The van der Waals surface area contributed by atoms with Crippen molar-refractivity contribution in [1.29, 1.82) is 0 Å². The summed E-state index contributed by atoms with van der Waals surface area (Å²) in [6.07, 6.45) is 0. The Hall–Kier alpha value is -2.58. The summed E-state index contributed by atoms with van der Waals surface area (Å²) >= 11 is 9.30. The van der Waals surface area contributed by atoms with E-state index in [0.29, 0.717) is 38.4 Å². The summed E-state index contributed by atoms with van der Waals surface area (Å²) in [5.74, 6) is 0.266. The predicted molar refractivity (Wildman–Crippen MR) is 102 cm³/mol. The molecular formula is C17H13BrClN3O4. The molecule has 0 aliphatic heterocycles. The number of hydrogen-bond acceptors (Lipinski definition) is 6. The Labute approximate surface area is 162 Å². The van der Waals surface area contributed by atoms with Crippen LogP contribution in [0.4, 0.5) is 11.5 Å². The first-order valence-electron chi connectivity index (χ1n) is 7.32. The number of aromatic nitrogens is 2. The van der Waals surface area contributed by atoms with Gasteiger partial charge in [-0.25, -0.2) is 9.78 Å². The Morgan fingerprint density at radius 3 is 2.50 bits per heavy atom. The molecule has 0 atom stereocenters. The number of ether oxygens (including phenoxy) is 2. The average Bonchev–Trinajstić information content (AvgIpc) is 2.61. The molecule has 2 N–H and O–H groups in total. The fraction of sp³-hybridized carbons (Fsp3) is 0.118. The van der Waals surface area contributed by atoms with Crippen LogP contribution in [0.15, 0.2) is 34.8 Å². The summed E-state index contributed by atoms with van der Waals surface area (Å²) in [7, 11) is 3.04. The number of carboxylic acid groups (broad SMARTS) is 1. The van der Waals surface area contributed by atoms with Crippen LogP contribution in [0.5, 0.6) is 11.5 Å². The third-order valence-electron chi connectivity index (χ3n) is 3.64. The molecule has 3 aromatic rings. The van der Waals surface area contributed by atoms with Gasteiger partial charge in [-0.3, -0.25) is 0 Å². The van der Waals surface area contributed by atoms with Crippen molar-refractivity contribution < 1.29 is 19.4 Å². The SMILES string of the molecule is COc1cc2nc(Cl)nc(Nc3ccc(Br)cc3C(=O)O)c2cc1OC. The Kier molecular flexibility index (Phi) is 5.15. The highest BCUT2D eigenvalue weighted by atomic mass is 79.9. The van der Waals surface area contributed by atoms with E-state index in [4.69, 9.17) is 21.1 Å². The van der Waals surface area contributed by atoms with Gasteiger partial charge in [-0.2, -0.15) is 4.98 Å². The highest BCUT2D eigenvalue weighted by Crippen LogP contribution is 2.36. The number of nitrogens with zero attached hydrogens (tertiary/aromatic N) is 2. The Morgan fingerprint density at radius 1 is 1.15 bits per heavy atom. The third-order valence-corrected chi connectivity index (χ3v) is 4.30. The molecule has 0 aliphatic rings. The van der Waals surface area contributed by atoms with Gasteiger partial charge >= 0.3 is 5.97 Å². The van der Waals surface area contributed by atoms with Gasteiger partial charge in [-0.1, -0.05) is 15.9 Å². The largest absolute Gasteiger partial charge is 0.493 e. The molecule has 0 bridgehead atoms. The van der Waals surface area contributed by atoms with Gasteiger partial charge in [0, 0.05) is 15.9 Å². The topological polar surface area (TPSA) is 93.6 Å². The Bertz CT molecular complexity index is 1010. The van der Waals surface area contributed by atoms with Crippen molar-refractivity contribution >= 4 is 55.9 Å². The first-order valence-corrected chi connectivity index (χ1v) is 8.49. The van der Waals surface area contributed by atoms with E-state index < -0.39 is 5.97 Å². The summed E-state index contributed by atoms with van der Waals surface area (Å²) < 4.78 is 11.2. The fourth-order valence-electron chi connectivity index (χ4n) is 2.45. The minimum absolute atomic E-state index is 0.0150. The van der Waals surface area contributed by atoms with E-state index in [1.54, 1.807) is 24.3 Å². The molecule has 0 amide bonds. The quantitative estimate of drug-likeness (QED) is 0.566. The van der Waals surface area contributed by atoms with Gasteiger partial charge in [0.05, 0.1) is 31.0 Å². The normalized spacial score (nSPS) is 10.6. The zero-order chi connectivity index (χ0) is 18.8. The molecule has 134 valence electrons. The monoisotopic (exact) mass is 437 g/mol. The maximum atomic E-state index is 11.5. The lowest BCUT2D eigenvalue weighted by Crippen LogP contribution is -2.05. The lowest BCUT2D eigenvalue weighted by atomic mass is 10.1. The van der Waals surface area contributed by atoms with Crippen molar-refractivity contribution in [3.05, 3.63) is 45.7 Å². The van der Waals surface area contributed by atoms with Crippen LogP contribution in [0.1, 0.15) is 10.4 Å². The van der Waals surface area contributed by atoms with Gasteiger partial charge in [-0.15, -0.1) is 0 Å². The number of halogens is 2. The molecule has 26 heavy (non-hydrogen) atoms. The lowest BCUT2D eigenvalue weighted by molar-refractivity contribution is 0.0698. The van der Waals surface area contributed by atoms with Gasteiger partial charge in [0.2, 0.25) is 5.28 Å². The van der Waals surface area contributed by atoms with Gasteiger partial charge in [-0.05, 0) is 35.9 Å². The van der Waals surface area contributed by atoms with Crippen LogP contribution in [0.3, 0.4) is 0 Å². The van der Waals surface area contributed by atoms with Gasteiger partial charge in [0.1, 0.15) is 5.82 Å². The second-order valence-electron chi connectivity index (χ2n) is 5.19. The van der Waals surface area contributed by atoms with Gasteiger partial charge in [0.15, 0.2) is 11.5 Å². The average molecular weight is 439 g/mol. The summed E-state index contributed by atoms with van der Waals surface area (Å²) in [4.78, 5) is 19.9. The summed E-state index contributed by atoms with van der Waals surface area (Å²) in [6, 6.07) is 8.23. The van der Waals surface area contributed by atoms with Crippen molar-refractivity contribution in [1.82, 2.24) is 9.97 Å². The molecule has 7 nitrogen and oxygen atoms in total. The van der Waals surface area contributed by atoms with Crippen molar-refractivity contribution in [2.24, 2.45) is 0 Å². The highest BCUT2D eigenvalue weighted by Gasteiger charge is 2.16. The fourth-order valence-corrected chi connectivity index (χ4v) is 2.99. The van der Waals surface area contributed by atoms with Crippen molar-refractivity contribution in [2.75, 3.05) is 19.5 Å². The number of rotatable bonds is 5. The third kappa shape index (κ3) is 3.51. The molecule has 0 saturated heterocycles. The minimum atomic E-state index is -1.07. The molecule has 9 heteroatoms. The Balaban J connectivity index is 2.18. The van der Waals surface area contributed by atoms with E-state index in [0.717, 1.165) is 0 Å². The lowest BCUT2D eigenvalue weighted by Gasteiger charge is -2.14. The first kappa shape index (κ1) is 18.2. The molecular weight excluding hydrogens is 426 g/mol. The molecule has 0 unspecified atom stereocenters. The zero-order valence-corrected chi connectivity index (χ0v) is 16.1. The van der Waals surface area contributed by atoms with Crippen LogP contribution in [-0.2, 0) is 0 Å². The van der Waals surface area contributed by atoms with Crippen LogP contribution in [0, 0.1) is 0 Å². The first-order chi connectivity index (χ1) is 12.4. The number of benzene rings is 2. The zero-order valence-electron chi connectivity index (χ0n) is 13.7. The number of aromatic carboxylic acids is 1. The predicted octanol–water partition coefficient (Wildman–Crippen LogP) is 4.50. The van der Waals surface area contributed by atoms with E-state index in [2.05, 4.69) is 31.2 Å². The second-order valence-corrected chi connectivity index (χ2v) is 6.44. The minimum Gasteiger partial charge on any atom is -0.493 e. The van der Waals surface area contributed by atoms with Crippen LogP contribution in [0.2, 0.25) is 5.28 Å². The molecule has 0 aliphatic carbocycles. The van der Waals surface area contributed by atoms with Crippen LogP contribution >= 0.6 is 27.5 Å². The second kappa shape index (κ2) is 7.35. The van der Waals surface area contributed by atoms with Crippen LogP contribution in [-0.4, -0.2) is 35.3 Å². The summed E-state index contributed by atoms with van der Waals surface area (Å²) in [5.41, 5.74) is 0.980. The maximum Gasteiger partial charge on any atom is 0.337 e. The van der Waals surface area contributed by atoms with Gasteiger partial charge in [0.25, 0.3) is 0 Å². The summed E-state index contributed by atoms with van der Waals surface area (Å²) in [5, 5.41) is 13.1. The van der Waals surface area contributed by atoms with Crippen molar-refractivity contribution in [3.63, 3.8) is 0 Å². The number of methoxy groups -OCH3 is 2. The van der Waals surface area contributed by atoms with E-state index in [1.165, 1.54) is 20.3 Å². The number of carboxylic acids is 1. The van der Waals surface area contributed by atoms with Crippen molar-refractivity contribution in [2.45, 2.75) is 0 Å². The van der Waals surface area contributed by atoms with Crippen molar-refractivity contribution in [3.8, 4) is 11.5 Å². The molecule has 0 radical (unpaired) electrons. The van der Waals surface area contributed by atoms with Gasteiger partial charge < -0.3 is 19.9 Å². The molecule has 0 spiro atoms. The van der Waals surface area contributed by atoms with Crippen LogP contribution < -0.4 is 14.8 Å². The number of anilines is 2. The molecule has 3 rings (SSSR count). The molecule has 1 aromatic heterocycles. The van der Waals surface area contributed by atoms with Crippen LogP contribution in [0.25, 0.3) is 10.9 Å². The summed E-state index contributed by atoms with van der Waals surface area (Å²) in [6.45, 7) is 0. The molecule has 2 aromatic carbocycles. The Morgan fingerprint density at radius 2 is 1.85 bits per heavy atom.